The minimum atomic E-state index is -2.87. The number of nitrogens with zero attached hydrogens (tertiary/aromatic N) is 4. The van der Waals surface area contributed by atoms with Crippen LogP contribution in [0.3, 0.4) is 0 Å². The Hall–Kier alpha value is -1.83. The number of pyridine rings is 1. The second-order valence-corrected chi connectivity index (χ2v) is 11.4. The molecule has 0 unspecified atom stereocenters. The summed E-state index contributed by atoms with van der Waals surface area (Å²) in [6.45, 7) is 8.28. The van der Waals surface area contributed by atoms with Crippen LogP contribution in [0.15, 0.2) is 53.6 Å². The molecule has 0 amide bonds. The van der Waals surface area contributed by atoms with E-state index in [1.165, 1.54) is 28.8 Å². The van der Waals surface area contributed by atoms with Gasteiger partial charge in [-0.1, -0.05) is 37.4 Å². The topological polar surface area (TPSA) is 22.6 Å². The molecule has 35 heavy (non-hydrogen) atoms. The fourth-order valence-corrected chi connectivity index (χ4v) is 6.53. The maximum atomic E-state index is 15.3. The van der Waals surface area contributed by atoms with Crippen molar-refractivity contribution in [2.24, 2.45) is 5.92 Å². The van der Waals surface area contributed by atoms with Gasteiger partial charge < -0.3 is 9.80 Å². The second kappa shape index (κ2) is 10.7. The molecular formula is C27H33ClF2N4S. The molecular weight excluding hydrogens is 486 g/mol. The lowest BCUT2D eigenvalue weighted by atomic mass is 9.82. The minimum Gasteiger partial charge on any atom is -0.354 e. The smallest absolute Gasteiger partial charge is 0.276 e. The van der Waals surface area contributed by atoms with Crippen molar-refractivity contribution in [3.63, 3.8) is 0 Å². The summed E-state index contributed by atoms with van der Waals surface area (Å²) in [7, 11) is 0. The molecule has 2 aliphatic heterocycles. The first-order chi connectivity index (χ1) is 16.9. The van der Waals surface area contributed by atoms with Gasteiger partial charge in [-0.25, -0.2) is 18.1 Å². The van der Waals surface area contributed by atoms with Crippen molar-refractivity contribution < 1.29 is 8.78 Å². The van der Waals surface area contributed by atoms with E-state index in [1.807, 2.05) is 0 Å². The predicted octanol–water partition coefficient (Wildman–Crippen LogP) is 7.35. The number of benzene rings is 1. The number of rotatable bonds is 6. The van der Waals surface area contributed by atoms with Crippen LogP contribution in [0.1, 0.15) is 50.5 Å². The number of anilines is 2. The van der Waals surface area contributed by atoms with Gasteiger partial charge in [-0.05, 0) is 74.0 Å². The summed E-state index contributed by atoms with van der Waals surface area (Å²) >= 11 is 7.97. The van der Waals surface area contributed by atoms with Crippen LogP contribution in [-0.4, -0.2) is 42.0 Å². The highest BCUT2D eigenvalue weighted by Gasteiger charge is 2.42. The highest BCUT2D eigenvalue weighted by Crippen LogP contribution is 2.45. The summed E-state index contributed by atoms with van der Waals surface area (Å²) in [4.78, 5) is 9.96. The van der Waals surface area contributed by atoms with Crippen molar-refractivity contribution in [1.29, 1.82) is 0 Å². The third kappa shape index (κ3) is 5.62. The molecule has 1 aromatic heterocycles. The number of alkyl halides is 2. The van der Waals surface area contributed by atoms with Gasteiger partial charge in [0.2, 0.25) is 0 Å². The Kier molecular flexibility index (Phi) is 7.56. The molecule has 2 aromatic rings. The zero-order valence-electron chi connectivity index (χ0n) is 20.1. The highest BCUT2D eigenvalue weighted by atomic mass is 35.5. The normalized spacial score (nSPS) is 20.6. The molecule has 3 heterocycles. The lowest BCUT2D eigenvalue weighted by Gasteiger charge is -2.35. The molecule has 0 atom stereocenters. The Morgan fingerprint density at radius 2 is 1.66 bits per heavy atom. The van der Waals surface area contributed by atoms with Gasteiger partial charge in [0.1, 0.15) is 11.0 Å². The van der Waals surface area contributed by atoms with Crippen molar-refractivity contribution in [3.05, 3.63) is 59.4 Å². The molecule has 0 spiro atoms. The molecule has 1 aliphatic carbocycles. The van der Waals surface area contributed by atoms with Crippen molar-refractivity contribution in [2.75, 3.05) is 42.5 Å². The monoisotopic (exact) mass is 518 g/mol. The van der Waals surface area contributed by atoms with Crippen molar-refractivity contribution in [1.82, 2.24) is 9.29 Å². The van der Waals surface area contributed by atoms with E-state index in [0.717, 1.165) is 58.4 Å². The zero-order valence-corrected chi connectivity index (χ0v) is 21.6. The van der Waals surface area contributed by atoms with E-state index in [4.69, 9.17) is 11.6 Å². The Balaban J connectivity index is 1.20. The lowest BCUT2D eigenvalue weighted by molar-refractivity contribution is -0.0777. The van der Waals surface area contributed by atoms with E-state index in [0.29, 0.717) is 18.7 Å². The van der Waals surface area contributed by atoms with Gasteiger partial charge in [0.15, 0.2) is 0 Å². The number of aromatic nitrogens is 1. The summed E-state index contributed by atoms with van der Waals surface area (Å²) in [6.07, 6.45) is 6.19. The van der Waals surface area contributed by atoms with E-state index < -0.39 is 11.8 Å². The Morgan fingerprint density at radius 1 is 0.943 bits per heavy atom. The van der Waals surface area contributed by atoms with Gasteiger partial charge in [0, 0.05) is 60.5 Å². The van der Waals surface area contributed by atoms with Crippen molar-refractivity contribution >= 4 is 35.1 Å². The van der Waals surface area contributed by atoms with E-state index in [1.54, 1.807) is 18.0 Å². The van der Waals surface area contributed by atoms with Crippen LogP contribution in [0.5, 0.6) is 0 Å². The molecule has 0 radical (unpaired) electrons. The SMILES string of the molecule is C=C1CCCN1c1ccc(SN2CCN(c3cc(C(F)(F)C4CCCCC4)cc(Cl)n3)CC2)cc1. The van der Waals surface area contributed by atoms with Crippen molar-refractivity contribution in [2.45, 2.75) is 55.8 Å². The standard InChI is InChI=1S/C27H33ClF2N4S/c1-20-6-5-13-34(20)23-9-11-24(12-10-23)35-33-16-14-32(15-17-33)26-19-22(18-25(28)31-26)27(29,30)21-7-3-2-4-8-21/h9-12,18-19,21H,1-8,13-17H2. The first-order valence-corrected chi connectivity index (χ1v) is 13.8. The number of hydrogen-bond donors (Lipinski definition) is 0. The number of piperazine rings is 1. The van der Waals surface area contributed by atoms with Crippen LogP contribution in [0, 0.1) is 5.92 Å². The number of halogens is 3. The molecule has 0 bridgehead atoms. The maximum Gasteiger partial charge on any atom is 0.276 e. The van der Waals surface area contributed by atoms with Crippen LogP contribution in [0.25, 0.3) is 0 Å². The first kappa shape index (κ1) is 24.8. The molecule has 1 saturated carbocycles. The lowest BCUT2D eigenvalue weighted by Crippen LogP contribution is -2.44. The summed E-state index contributed by atoms with van der Waals surface area (Å²) < 4.78 is 32.9. The fourth-order valence-electron chi connectivity index (χ4n) is 5.43. The van der Waals surface area contributed by atoms with Crippen molar-refractivity contribution in [3.8, 4) is 0 Å². The van der Waals surface area contributed by atoms with Crippen LogP contribution in [-0.2, 0) is 5.92 Å². The zero-order chi connectivity index (χ0) is 24.4. The minimum absolute atomic E-state index is 0.0111. The van der Waals surface area contributed by atoms with E-state index in [9.17, 15) is 0 Å². The Bertz CT molecular complexity index is 1030. The molecule has 0 N–H and O–H groups in total. The maximum absolute atomic E-state index is 15.3. The van der Waals surface area contributed by atoms with Gasteiger partial charge in [0.25, 0.3) is 5.92 Å². The predicted molar refractivity (Wildman–Crippen MR) is 142 cm³/mol. The number of allylic oxidation sites excluding steroid dienone is 1. The highest BCUT2D eigenvalue weighted by molar-refractivity contribution is 7.97. The van der Waals surface area contributed by atoms with E-state index >= 15 is 8.78 Å². The Morgan fingerprint density at radius 3 is 2.31 bits per heavy atom. The van der Waals surface area contributed by atoms with E-state index in [-0.39, 0.29) is 10.7 Å². The third-order valence-electron chi connectivity index (χ3n) is 7.46. The molecule has 2 saturated heterocycles. The Labute approximate surface area is 216 Å². The third-order valence-corrected chi connectivity index (χ3v) is 8.76. The first-order valence-electron chi connectivity index (χ1n) is 12.7. The second-order valence-electron chi connectivity index (χ2n) is 9.82. The number of hydrogen-bond acceptors (Lipinski definition) is 5. The average Bonchev–Trinajstić information content (AvgIpc) is 3.31. The molecule has 8 heteroatoms. The van der Waals surface area contributed by atoms with Crippen LogP contribution in [0.2, 0.25) is 5.15 Å². The quantitative estimate of drug-likeness (QED) is 0.294. The van der Waals surface area contributed by atoms with Crippen LogP contribution in [0.4, 0.5) is 20.3 Å². The van der Waals surface area contributed by atoms with Crippen LogP contribution < -0.4 is 9.80 Å². The van der Waals surface area contributed by atoms with Gasteiger partial charge in [-0.15, -0.1) is 0 Å². The van der Waals surface area contributed by atoms with Gasteiger partial charge in [-0.3, -0.25) is 0 Å². The molecule has 5 rings (SSSR count). The van der Waals surface area contributed by atoms with Gasteiger partial charge in [-0.2, -0.15) is 0 Å². The fraction of sp³-hybridized carbons (Fsp3) is 0.519. The largest absolute Gasteiger partial charge is 0.354 e. The van der Waals surface area contributed by atoms with Crippen LogP contribution >= 0.6 is 23.5 Å². The molecule has 1 aromatic carbocycles. The van der Waals surface area contributed by atoms with Gasteiger partial charge in [0.05, 0.1) is 0 Å². The molecule has 3 aliphatic rings. The molecule has 4 nitrogen and oxygen atoms in total. The molecule has 188 valence electrons. The summed E-state index contributed by atoms with van der Waals surface area (Å²) in [5.74, 6) is -2.92. The average molecular weight is 519 g/mol. The van der Waals surface area contributed by atoms with E-state index in [2.05, 4.69) is 49.9 Å². The summed E-state index contributed by atoms with van der Waals surface area (Å²) in [6, 6.07) is 11.6. The van der Waals surface area contributed by atoms with Gasteiger partial charge >= 0.3 is 0 Å². The molecule has 3 fully saturated rings. The summed E-state index contributed by atoms with van der Waals surface area (Å²) in [5.41, 5.74) is 2.40. The summed E-state index contributed by atoms with van der Waals surface area (Å²) in [5, 5.41) is 0.144.